The maximum absolute atomic E-state index is 12.3. The number of ether oxygens (including phenoxy) is 2. The summed E-state index contributed by atoms with van der Waals surface area (Å²) in [6.07, 6.45) is -3.05. The molecule has 1 heterocycles. The third-order valence-corrected chi connectivity index (χ3v) is 4.35. The summed E-state index contributed by atoms with van der Waals surface area (Å²) in [5.41, 5.74) is 3.13. The summed E-state index contributed by atoms with van der Waals surface area (Å²) >= 11 is 0. The Kier molecular flexibility index (Phi) is 5.71. The second-order valence-corrected chi connectivity index (χ2v) is 6.49. The Hall–Kier alpha value is -2.21. The molecule has 6 heteroatoms. The Morgan fingerprint density at radius 2 is 1.77 bits per heavy atom. The van der Waals surface area contributed by atoms with E-state index in [0.717, 1.165) is 42.9 Å². The number of morpholine rings is 1. The van der Waals surface area contributed by atoms with E-state index in [-0.39, 0.29) is 11.9 Å². The zero-order chi connectivity index (χ0) is 18.6. The van der Waals surface area contributed by atoms with Gasteiger partial charge in [0.25, 0.3) is 0 Å². The van der Waals surface area contributed by atoms with Crippen LogP contribution in [0.15, 0.2) is 48.5 Å². The minimum Gasteiger partial charge on any atom is -0.406 e. The maximum Gasteiger partial charge on any atom is 0.573 e. The van der Waals surface area contributed by atoms with Crippen LogP contribution >= 0.6 is 0 Å². The van der Waals surface area contributed by atoms with Crippen molar-refractivity contribution in [3.05, 3.63) is 59.7 Å². The van der Waals surface area contributed by atoms with Crippen LogP contribution < -0.4 is 9.64 Å². The number of aryl methyl sites for hydroxylation is 2. The molecule has 1 atom stereocenters. The van der Waals surface area contributed by atoms with Gasteiger partial charge in [-0.1, -0.05) is 24.3 Å². The molecule has 0 aliphatic carbocycles. The molecule has 1 aliphatic heterocycles. The number of alkyl halides is 3. The number of rotatable bonds is 5. The van der Waals surface area contributed by atoms with Gasteiger partial charge in [-0.15, -0.1) is 13.2 Å². The maximum atomic E-state index is 12.3. The molecule has 3 rings (SSSR count). The zero-order valence-electron chi connectivity index (χ0n) is 14.6. The van der Waals surface area contributed by atoms with Gasteiger partial charge in [0, 0.05) is 18.8 Å². The first-order valence-corrected chi connectivity index (χ1v) is 8.69. The fraction of sp³-hybridized carbons (Fsp3) is 0.400. The van der Waals surface area contributed by atoms with Crippen LogP contribution in [-0.4, -0.2) is 32.2 Å². The lowest BCUT2D eigenvalue weighted by atomic mass is 10.0. The van der Waals surface area contributed by atoms with Crippen LogP contribution in [0.4, 0.5) is 18.9 Å². The number of benzene rings is 2. The highest BCUT2D eigenvalue weighted by Crippen LogP contribution is 2.24. The Labute approximate surface area is 151 Å². The van der Waals surface area contributed by atoms with E-state index in [0.29, 0.717) is 6.42 Å². The molecule has 0 radical (unpaired) electrons. The topological polar surface area (TPSA) is 21.7 Å². The normalized spacial score (nSPS) is 18.0. The number of halogens is 3. The summed E-state index contributed by atoms with van der Waals surface area (Å²) in [5.74, 6) is -0.175. The quantitative estimate of drug-likeness (QED) is 0.773. The molecule has 0 saturated carbocycles. The van der Waals surface area contributed by atoms with Crippen molar-refractivity contribution in [1.82, 2.24) is 0 Å². The molecule has 0 amide bonds. The molecule has 0 spiro atoms. The van der Waals surface area contributed by atoms with Crippen LogP contribution in [0.2, 0.25) is 0 Å². The van der Waals surface area contributed by atoms with Crippen molar-refractivity contribution in [2.75, 3.05) is 24.6 Å². The predicted molar refractivity (Wildman–Crippen MR) is 94.6 cm³/mol. The van der Waals surface area contributed by atoms with E-state index in [1.807, 2.05) is 18.2 Å². The first-order chi connectivity index (χ1) is 12.4. The highest BCUT2D eigenvalue weighted by Gasteiger charge is 2.31. The minimum absolute atomic E-state index is 0.175. The second kappa shape index (κ2) is 7.99. The molecule has 140 valence electrons. The predicted octanol–water partition coefficient (Wildman–Crippen LogP) is 4.60. The molecular weight excluding hydrogens is 343 g/mol. The van der Waals surface area contributed by atoms with Gasteiger partial charge in [0.1, 0.15) is 5.75 Å². The second-order valence-electron chi connectivity index (χ2n) is 6.49. The molecule has 1 saturated heterocycles. The Bertz CT molecular complexity index is 733. The van der Waals surface area contributed by atoms with Crippen LogP contribution in [-0.2, 0) is 17.6 Å². The lowest BCUT2D eigenvalue weighted by Gasteiger charge is -2.33. The molecule has 0 unspecified atom stereocenters. The Balaban J connectivity index is 1.63. The third kappa shape index (κ3) is 5.39. The SMILES string of the molecule is C[C@H]1CN(c2cccc(CCc3cccc(OC(F)(F)F)c3)c2)CCO1. The van der Waals surface area contributed by atoms with Crippen molar-refractivity contribution in [2.24, 2.45) is 0 Å². The first kappa shape index (κ1) is 18.6. The van der Waals surface area contributed by atoms with Crippen LogP contribution in [0, 0.1) is 0 Å². The molecule has 1 aliphatic rings. The van der Waals surface area contributed by atoms with Gasteiger partial charge in [-0.2, -0.15) is 0 Å². The van der Waals surface area contributed by atoms with Crippen LogP contribution in [0.1, 0.15) is 18.1 Å². The largest absolute Gasteiger partial charge is 0.573 e. The van der Waals surface area contributed by atoms with Gasteiger partial charge in [-0.05, 0) is 55.2 Å². The third-order valence-electron chi connectivity index (χ3n) is 4.35. The molecule has 0 N–H and O–H groups in total. The fourth-order valence-electron chi connectivity index (χ4n) is 3.15. The van der Waals surface area contributed by atoms with E-state index in [1.165, 1.54) is 12.1 Å². The molecular formula is C20H22F3NO2. The highest BCUT2D eigenvalue weighted by molar-refractivity contribution is 5.49. The summed E-state index contributed by atoms with van der Waals surface area (Å²) in [6, 6.07) is 14.5. The number of hydrogen-bond acceptors (Lipinski definition) is 3. The van der Waals surface area contributed by atoms with Gasteiger partial charge in [0.2, 0.25) is 0 Å². The molecule has 0 bridgehead atoms. The average molecular weight is 365 g/mol. The molecule has 0 aromatic heterocycles. The van der Waals surface area contributed by atoms with E-state index in [4.69, 9.17) is 4.74 Å². The van der Waals surface area contributed by atoms with Crippen LogP contribution in [0.25, 0.3) is 0 Å². The fourth-order valence-corrected chi connectivity index (χ4v) is 3.15. The van der Waals surface area contributed by atoms with Gasteiger partial charge < -0.3 is 14.4 Å². The first-order valence-electron chi connectivity index (χ1n) is 8.69. The van der Waals surface area contributed by atoms with Crippen molar-refractivity contribution < 1.29 is 22.6 Å². The molecule has 2 aromatic carbocycles. The van der Waals surface area contributed by atoms with Crippen molar-refractivity contribution in [3.63, 3.8) is 0 Å². The highest BCUT2D eigenvalue weighted by atomic mass is 19.4. The molecule has 26 heavy (non-hydrogen) atoms. The Morgan fingerprint density at radius 1 is 1.08 bits per heavy atom. The van der Waals surface area contributed by atoms with Crippen LogP contribution in [0.3, 0.4) is 0 Å². The average Bonchev–Trinajstić information content (AvgIpc) is 2.59. The summed E-state index contributed by atoms with van der Waals surface area (Å²) in [5, 5.41) is 0. The summed E-state index contributed by atoms with van der Waals surface area (Å²) < 4.78 is 46.6. The van der Waals surface area contributed by atoms with E-state index < -0.39 is 6.36 Å². The van der Waals surface area contributed by atoms with Crippen molar-refractivity contribution in [2.45, 2.75) is 32.2 Å². The monoisotopic (exact) mass is 365 g/mol. The van der Waals surface area contributed by atoms with Crippen molar-refractivity contribution >= 4 is 5.69 Å². The van der Waals surface area contributed by atoms with Crippen molar-refractivity contribution in [3.8, 4) is 5.75 Å². The van der Waals surface area contributed by atoms with Gasteiger partial charge >= 0.3 is 6.36 Å². The smallest absolute Gasteiger partial charge is 0.406 e. The summed E-state index contributed by atoms with van der Waals surface area (Å²) in [4.78, 5) is 2.30. The van der Waals surface area contributed by atoms with Crippen LogP contribution in [0.5, 0.6) is 5.75 Å². The number of anilines is 1. The lowest BCUT2D eigenvalue weighted by molar-refractivity contribution is -0.274. The zero-order valence-corrected chi connectivity index (χ0v) is 14.6. The van der Waals surface area contributed by atoms with E-state index in [9.17, 15) is 13.2 Å². The van der Waals surface area contributed by atoms with Gasteiger partial charge in [0.05, 0.1) is 12.7 Å². The van der Waals surface area contributed by atoms with Gasteiger partial charge in [-0.25, -0.2) is 0 Å². The van der Waals surface area contributed by atoms with Gasteiger partial charge in [-0.3, -0.25) is 0 Å². The molecule has 1 fully saturated rings. The summed E-state index contributed by atoms with van der Waals surface area (Å²) in [7, 11) is 0. The minimum atomic E-state index is -4.66. The number of nitrogens with zero attached hydrogens (tertiary/aromatic N) is 1. The number of hydrogen-bond donors (Lipinski definition) is 0. The van der Waals surface area contributed by atoms with E-state index in [1.54, 1.807) is 6.07 Å². The molecule has 2 aromatic rings. The standard InChI is InChI=1S/C20H22F3NO2/c1-15-14-24(10-11-25-15)18-6-2-4-16(12-18)8-9-17-5-3-7-19(13-17)26-20(21,22)23/h2-7,12-13,15H,8-11,14H2,1H3/t15-/m0/s1. The van der Waals surface area contributed by atoms with Crippen molar-refractivity contribution in [1.29, 1.82) is 0 Å². The summed E-state index contributed by atoms with van der Waals surface area (Å²) in [6.45, 7) is 4.51. The van der Waals surface area contributed by atoms with Gasteiger partial charge in [0.15, 0.2) is 0 Å². The van der Waals surface area contributed by atoms with E-state index >= 15 is 0 Å². The Morgan fingerprint density at radius 3 is 2.46 bits per heavy atom. The molecule has 3 nitrogen and oxygen atoms in total. The van der Waals surface area contributed by atoms with E-state index in [2.05, 4.69) is 28.7 Å². The lowest BCUT2D eigenvalue weighted by Crippen LogP contribution is -2.41.